The standard InChI is InChI=1S/C31H39N3O6/c1-5-38-26-18-22(19-27(39-6-2)28(26)33-16-7-8-17-33)21-34(24-12-14-32-15-13-24)29(35)23-10-9-11-25(20-23)40-31(3,4)30(36)37/h7-11,16-20,24,32H,5-6,12-15,21H2,1-4H3,(H,36,37). The lowest BCUT2D eigenvalue weighted by atomic mass is 10.0. The molecular weight excluding hydrogens is 510 g/mol. The maximum absolute atomic E-state index is 14.0. The van der Waals surface area contributed by atoms with Gasteiger partial charge in [0, 0.05) is 30.5 Å². The van der Waals surface area contributed by atoms with Crippen molar-refractivity contribution in [2.45, 2.75) is 58.7 Å². The number of piperidine rings is 1. The van der Waals surface area contributed by atoms with E-state index < -0.39 is 11.6 Å². The summed E-state index contributed by atoms with van der Waals surface area (Å²) in [6, 6.07) is 14.6. The summed E-state index contributed by atoms with van der Waals surface area (Å²) in [6.45, 7) is 9.83. The van der Waals surface area contributed by atoms with E-state index >= 15 is 0 Å². The van der Waals surface area contributed by atoms with Crippen molar-refractivity contribution < 1.29 is 28.9 Å². The maximum atomic E-state index is 14.0. The third-order valence-electron chi connectivity index (χ3n) is 6.89. The Morgan fingerprint density at radius 3 is 2.20 bits per heavy atom. The molecule has 2 N–H and O–H groups in total. The van der Waals surface area contributed by atoms with Crippen LogP contribution in [0.3, 0.4) is 0 Å². The largest absolute Gasteiger partial charge is 0.492 e. The summed E-state index contributed by atoms with van der Waals surface area (Å²) in [5.74, 6) is 0.471. The summed E-state index contributed by atoms with van der Waals surface area (Å²) in [4.78, 5) is 27.5. The van der Waals surface area contributed by atoms with Crippen LogP contribution in [0.4, 0.5) is 0 Å². The fraction of sp³-hybridized carbons (Fsp3) is 0.419. The van der Waals surface area contributed by atoms with Crippen LogP contribution in [0.15, 0.2) is 60.9 Å². The van der Waals surface area contributed by atoms with Crippen molar-refractivity contribution >= 4 is 11.9 Å². The van der Waals surface area contributed by atoms with Crippen LogP contribution in [0.2, 0.25) is 0 Å². The summed E-state index contributed by atoms with van der Waals surface area (Å²) in [6.07, 6.45) is 5.55. The third-order valence-corrected chi connectivity index (χ3v) is 6.89. The zero-order valence-corrected chi connectivity index (χ0v) is 23.7. The van der Waals surface area contributed by atoms with E-state index in [1.54, 1.807) is 24.3 Å². The Morgan fingerprint density at radius 2 is 1.62 bits per heavy atom. The van der Waals surface area contributed by atoms with Gasteiger partial charge in [-0.3, -0.25) is 4.79 Å². The van der Waals surface area contributed by atoms with Crippen LogP contribution in [-0.2, 0) is 11.3 Å². The molecule has 0 saturated carbocycles. The number of carboxylic acid groups (broad SMARTS) is 1. The van der Waals surface area contributed by atoms with Crippen molar-refractivity contribution in [3.05, 3.63) is 72.1 Å². The Balaban J connectivity index is 1.70. The minimum Gasteiger partial charge on any atom is -0.492 e. The summed E-state index contributed by atoms with van der Waals surface area (Å²) < 4.78 is 19.8. The van der Waals surface area contributed by atoms with Crippen LogP contribution >= 0.6 is 0 Å². The number of aliphatic carboxylic acids is 1. The van der Waals surface area contributed by atoms with E-state index in [9.17, 15) is 14.7 Å². The van der Waals surface area contributed by atoms with E-state index in [2.05, 4.69) is 5.32 Å². The highest BCUT2D eigenvalue weighted by Gasteiger charge is 2.31. The van der Waals surface area contributed by atoms with E-state index in [0.717, 1.165) is 37.2 Å². The van der Waals surface area contributed by atoms with E-state index in [4.69, 9.17) is 14.2 Å². The van der Waals surface area contributed by atoms with Gasteiger partial charge in [0.15, 0.2) is 5.60 Å². The number of benzene rings is 2. The Bertz CT molecular complexity index is 1270. The van der Waals surface area contributed by atoms with Gasteiger partial charge in [0.2, 0.25) is 0 Å². The van der Waals surface area contributed by atoms with Crippen molar-refractivity contribution in [3.8, 4) is 22.9 Å². The molecule has 9 nitrogen and oxygen atoms in total. The summed E-state index contributed by atoms with van der Waals surface area (Å²) in [5, 5.41) is 12.9. The average Bonchev–Trinajstić information content (AvgIpc) is 3.46. The van der Waals surface area contributed by atoms with E-state index in [-0.39, 0.29) is 11.9 Å². The van der Waals surface area contributed by atoms with Gasteiger partial charge in [-0.05, 0) is 102 Å². The van der Waals surface area contributed by atoms with Gasteiger partial charge in [0.05, 0.1) is 13.2 Å². The van der Waals surface area contributed by atoms with E-state index in [1.165, 1.54) is 13.8 Å². The van der Waals surface area contributed by atoms with Crippen LogP contribution in [-0.4, -0.2) is 64.4 Å². The molecule has 3 aromatic rings. The Kier molecular flexibility index (Phi) is 9.37. The van der Waals surface area contributed by atoms with Gasteiger partial charge in [-0.25, -0.2) is 4.79 Å². The Labute approximate surface area is 235 Å². The first-order valence-corrected chi connectivity index (χ1v) is 13.8. The molecule has 0 aliphatic carbocycles. The van der Waals surface area contributed by atoms with Crippen LogP contribution < -0.4 is 19.5 Å². The monoisotopic (exact) mass is 549 g/mol. The number of hydrogen-bond donors (Lipinski definition) is 2. The second kappa shape index (κ2) is 12.9. The number of hydrogen-bond acceptors (Lipinski definition) is 6. The van der Waals surface area contributed by atoms with Crippen molar-refractivity contribution in [1.29, 1.82) is 0 Å². The van der Waals surface area contributed by atoms with Crippen molar-refractivity contribution in [3.63, 3.8) is 0 Å². The Hall–Kier alpha value is -3.98. The highest BCUT2D eigenvalue weighted by Crippen LogP contribution is 2.36. The number of nitrogens with zero attached hydrogens (tertiary/aromatic N) is 2. The molecule has 9 heteroatoms. The number of carbonyl (C=O) groups excluding carboxylic acids is 1. The van der Waals surface area contributed by atoms with Gasteiger partial charge in [-0.1, -0.05) is 6.07 Å². The molecule has 2 aromatic carbocycles. The number of carboxylic acids is 1. The van der Waals surface area contributed by atoms with Gasteiger partial charge in [0.25, 0.3) is 5.91 Å². The first-order chi connectivity index (χ1) is 19.2. The van der Waals surface area contributed by atoms with E-state index in [1.807, 2.05) is 60.0 Å². The zero-order valence-electron chi connectivity index (χ0n) is 23.7. The number of ether oxygens (including phenoxy) is 3. The summed E-state index contributed by atoms with van der Waals surface area (Å²) in [5.41, 5.74) is 0.733. The molecule has 2 heterocycles. The molecular formula is C31H39N3O6. The molecule has 1 aliphatic heterocycles. The second-order valence-corrected chi connectivity index (χ2v) is 10.3. The molecule has 4 rings (SSSR count). The van der Waals surface area contributed by atoms with Gasteiger partial charge in [0.1, 0.15) is 22.9 Å². The lowest BCUT2D eigenvalue weighted by Gasteiger charge is -2.35. The van der Waals surface area contributed by atoms with Gasteiger partial charge in [-0.15, -0.1) is 0 Å². The molecule has 0 spiro atoms. The Morgan fingerprint density at radius 1 is 1.00 bits per heavy atom. The van der Waals surface area contributed by atoms with Crippen LogP contribution in [0, 0.1) is 0 Å². The lowest BCUT2D eigenvalue weighted by molar-refractivity contribution is -0.152. The van der Waals surface area contributed by atoms with Gasteiger partial charge >= 0.3 is 5.97 Å². The number of amides is 1. The normalized spacial score (nSPS) is 14.0. The average molecular weight is 550 g/mol. The fourth-order valence-electron chi connectivity index (χ4n) is 4.88. The molecule has 1 aliphatic rings. The highest BCUT2D eigenvalue weighted by molar-refractivity contribution is 5.95. The van der Waals surface area contributed by atoms with Crippen LogP contribution in [0.1, 0.15) is 56.5 Å². The predicted octanol–water partition coefficient (Wildman–Crippen LogP) is 4.91. The molecule has 214 valence electrons. The third kappa shape index (κ3) is 6.77. The smallest absolute Gasteiger partial charge is 0.347 e. The first-order valence-electron chi connectivity index (χ1n) is 13.8. The summed E-state index contributed by atoms with van der Waals surface area (Å²) in [7, 11) is 0. The SMILES string of the molecule is CCOc1cc(CN(C(=O)c2cccc(OC(C)(C)C(=O)O)c2)C2CCNCC2)cc(OCC)c1-n1cccc1. The second-order valence-electron chi connectivity index (χ2n) is 10.3. The molecule has 0 unspecified atom stereocenters. The van der Waals surface area contributed by atoms with Gasteiger partial charge < -0.3 is 34.1 Å². The van der Waals surface area contributed by atoms with Crippen LogP contribution in [0.25, 0.3) is 5.69 Å². The zero-order chi connectivity index (χ0) is 28.7. The molecule has 1 saturated heterocycles. The molecule has 1 fully saturated rings. The number of rotatable bonds is 12. The van der Waals surface area contributed by atoms with Crippen molar-refractivity contribution in [1.82, 2.24) is 14.8 Å². The van der Waals surface area contributed by atoms with Crippen LogP contribution in [0.5, 0.6) is 17.2 Å². The quantitative estimate of drug-likeness (QED) is 0.331. The molecule has 0 atom stereocenters. The molecule has 1 aromatic heterocycles. The number of nitrogens with one attached hydrogen (secondary N) is 1. The minimum absolute atomic E-state index is 0.0315. The van der Waals surface area contributed by atoms with Crippen molar-refractivity contribution in [2.24, 2.45) is 0 Å². The summed E-state index contributed by atoms with van der Waals surface area (Å²) >= 11 is 0. The van der Waals surface area contributed by atoms with Crippen molar-refractivity contribution in [2.75, 3.05) is 26.3 Å². The molecule has 0 bridgehead atoms. The topological polar surface area (TPSA) is 102 Å². The lowest BCUT2D eigenvalue weighted by Crippen LogP contribution is -2.45. The number of carbonyl (C=O) groups is 2. The number of aromatic nitrogens is 1. The van der Waals surface area contributed by atoms with Gasteiger partial charge in [-0.2, -0.15) is 0 Å². The predicted molar refractivity (Wildman–Crippen MR) is 153 cm³/mol. The maximum Gasteiger partial charge on any atom is 0.347 e. The molecule has 0 radical (unpaired) electrons. The minimum atomic E-state index is -1.43. The fourth-order valence-corrected chi connectivity index (χ4v) is 4.88. The van der Waals surface area contributed by atoms with E-state index in [0.29, 0.717) is 42.6 Å². The first kappa shape index (κ1) is 29.0. The highest BCUT2D eigenvalue weighted by atomic mass is 16.5. The molecule has 40 heavy (non-hydrogen) atoms. The molecule has 1 amide bonds.